The first-order chi connectivity index (χ1) is 9.52. The van der Waals surface area contributed by atoms with Gasteiger partial charge in [-0.05, 0) is 58.3 Å². The van der Waals surface area contributed by atoms with Crippen LogP contribution in [0.4, 0.5) is 0 Å². The molecule has 1 aromatic rings. The van der Waals surface area contributed by atoms with Crippen LogP contribution in [0.2, 0.25) is 0 Å². The number of fused-ring (bicyclic) bond motifs is 1. The van der Waals surface area contributed by atoms with Crippen molar-refractivity contribution in [2.24, 2.45) is 11.8 Å². The number of aliphatic hydroxyl groups is 1. The summed E-state index contributed by atoms with van der Waals surface area (Å²) in [5, 5.41) is 9.10. The van der Waals surface area contributed by atoms with E-state index in [1.165, 1.54) is 6.42 Å². The van der Waals surface area contributed by atoms with Crippen LogP contribution in [0, 0.1) is 11.8 Å². The monoisotopic (exact) mass is 359 g/mol. The van der Waals surface area contributed by atoms with Crippen molar-refractivity contribution in [2.45, 2.75) is 30.8 Å². The van der Waals surface area contributed by atoms with Crippen LogP contribution in [0.15, 0.2) is 27.6 Å². The zero-order chi connectivity index (χ0) is 14.3. The van der Waals surface area contributed by atoms with Crippen LogP contribution in [0.3, 0.4) is 0 Å². The van der Waals surface area contributed by atoms with Gasteiger partial charge in [-0.2, -0.15) is 4.31 Å². The van der Waals surface area contributed by atoms with Gasteiger partial charge in [-0.15, -0.1) is 0 Å². The second-order valence-electron chi connectivity index (χ2n) is 5.70. The Balaban J connectivity index is 1.89. The summed E-state index contributed by atoms with van der Waals surface area (Å²) in [6.07, 6.45) is 3.54. The quantitative estimate of drug-likeness (QED) is 0.900. The topological polar surface area (TPSA) is 57.6 Å². The molecule has 1 aliphatic heterocycles. The van der Waals surface area contributed by atoms with Gasteiger partial charge in [0, 0.05) is 17.6 Å². The largest absolute Gasteiger partial charge is 0.392 e. The predicted octanol–water partition coefficient (Wildman–Crippen LogP) is 2.36. The Morgan fingerprint density at radius 1 is 1.25 bits per heavy atom. The third kappa shape index (κ3) is 2.43. The van der Waals surface area contributed by atoms with E-state index in [1.54, 1.807) is 22.5 Å². The number of aliphatic hydroxyl groups excluding tert-OH is 1. The molecular formula is C14H18BrNO3S. The van der Waals surface area contributed by atoms with Crippen molar-refractivity contribution in [3.8, 4) is 0 Å². The van der Waals surface area contributed by atoms with Crippen molar-refractivity contribution in [3.63, 3.8) is 0 Å². The van der Waals surface area contributed by atoms with Gasteiger partial charge in [-0.3, -0.25) is 0 Å². The summed E-state index contributed by atoms with van der Waals surface area (Å²) in [6.45, 7) is 1.22. The third-order valence-corrected chi connectivity index (χ3v) is 7.30. The number of halogens is 1. The van der Waals surface area contributed by atoms with E-state index in [4.69, 9.17) is 5.11 Å². The zero-order valence-corrected chi connectivity index (χ0v) is 13.5. The van der Waals surface area contributed by atoms with Gasteiger partial charge in [0.25, 0.3) is 0 Å². The van der Waals surface area contributed by atoms with E-state index >= 15 is 0 Å². The standard InChI is InChI=1S/C14H18BrNO3S/c15-13-6-10(9-17)4-5-14(13)20(18,19)16-7-11-2-1-3-12(11)8-16/h4-6,11-12,17H,1-3,7-9H2. The van der Waals surface area contributed by atoms with Gasteiger partial charge in [0.2, 0.25) is 10.0 Å². The minimum Gasteiger partial charge on any atom is -0.392 e. The first kappa shape index (κ1) is 14.5. The van der Waals surface area contributed by atoms with Gasteiger partial charge >= 0.3 is 0 Å². The molecule has 1 aliphatic carbocycles. The summed E-state index contributed by atoms with van der Waals surface area (Å²) in [7, 11) is -3.43. The minimum atomic E-state index is -3.43. The number of hydrogen-bond acceptors (Lipinski definition) is 3. The summed E-state index contributed by atoms with van der Waals surface area (Å²) in [5.41, 5.74) is 0.703. The van der Waals surface area contributed by atoms with Crippen LogP contribution in [0.25, 0.3) is 0 Å². The Labute approximate surface area is 128 Å². The molecule has 2 aliphatic rings. The molecule has 0 amide bonds. The first-order valence-electron chi connectivity index (χ1n) is 6.92. The number of rotatable bonds is 3. The average Bonchev–Trinajstić information content (AvgIpc) is 2.99. The van der Waals surface area contributed by atoms with Gasteiger partial charge in [0.1, 0.15) is 0 Å². The number of nitrogens with zero attached hydrogens (tertiary/aromatic N) is 1. The number of sulfonamides is 1. The second kappa shape index (κ2) is 5.40. The molecule has 2 fully saturated rings. The van der Waals surface area contributed by atoms with Gasteiger partial charge in [0.15, 0.2) is 0 Å². The van der Waals surface area contributed by atoms with E-state index in [-0.39, 0.29) is 6.61 Å². The summed E-state index contributed by atoms with van der Waals surface area (Å²) in [5.74, 6) is 1.08. The maximum absolute atomic E-state index is 12.7. The molecule has 6 heteroatoms. The fourth-order valence-corrected chi connectivity index (χ4v) is 6.02. The lowest BCUT2D eigenvalue weighted by Gasteiger charge is -2.18. The molecule has 1 saturated heterocycles. The van der Waals surface area contributed by atoms with Crippen LogP contribution < -0.4 is 0 Å². The van der Waals surface area contributed by atoms with E-state index in [9.17, 15) is 8.42 Å². The second-order valence-corrected chi connectivity index (χ2v) is 8.46. The molecule has 3 rings (SSSR count). The van der Waals surface area contributed by atoms with Gasteiger partial charge in [-0.25, -0.2) is 8.42 Å². The van der Waals surface area contributed by atoms with Gasteiger partial charge < -0.3 is 5.11 Å². The molecule has 110 valence electrons. The highest BCUT2D eigenvalue weighted by atomic mass is 79.9. The normalized spacial score (nSPS) is 26.9. The molecule has 0 aromatic heterocycles. The maximum atomic E-state index is 12.7. The molecule has 2 unspecified atom stereocenters. The van der Waals surface area contributed by atoms with Crippen molar-refractivity contribution in [2.75, 3.05) is 13.1 Å². The highest BCUT2D eigenvalue weighted by molar-refractivity contribution is 9.10. The molecule has 4 nitrogen and oxygen atoms in total. The Morgan fingerprint density at radius 2 is 1.90 bits per heavy atom. The number of hydrogen-bond donors (Lipinski definition) is 1. The van der Waals surface area contributed by atoms with Crippen LogP contribution in [-0.4, -0.2) is 30.9 Å². The van der Waals surface area contributed by atoms with Gasteiger partial charge in [-0.1, -0.05) is 12.5 Å². The van der Waals surface area contributed by atoms with Crippen molar-refractivity contribution in [1.82, 2.24) is 4.31 Å². The van der Waals surface area contributed by atoms with Gasteiger partial charge in [0.05, 0.1) is 11.5 Å². The van der Waals surface area contributed by atoms with E-state index < -0.39 is 10.0 Å². The lowest BCUT2D eigenvalue weighted by Crippen LogP contribution is -2.30. The Kier molecular flexibility index (Phi) is 3.92. The first-order valence-corrected chi connectivity index (χ1v) is 9.15. The Bertz CT molecular complexity index is 605. The average molecular weight is 360 g/mol. The van der Waals surface area contributed by atoms with Crippen molar-refractivity contribution < 1.29 is 13.5 Å². The molecular weight excluding hydrogens is 342 g/mol. The number of benzene rings is 1. The molecule has 0 radical (unpaired) electrons. The lowest BCUT2D eigenvalue weighted by molar-refractivity contribution is 0.281. The van der Waals surface area contributed by atoms with Crippen LogP contribution in [-0.2, 0) is 16.6 Å². The van der Waals surface area contributed by atoms with Crippen LogP contribution in [0.5, 0.6) is 0 Å². The third-order valence-electron chi connectivity index (χ3n) is 4.49. The highest BCUT2D eigenvalue weighted by Crippen LogP contribution is 2.40. The summed E-state index contributed by atoms with van der Waals surface area (Å²) < 4.78 is 27.6. The predicted molar refractivity (Wildman–Crippen MR) is 79.7 cm³/mol. The van der Waals surface area contributed by atoms with E-state index in [0.717, 1.165) is 12.8 Å². The Hall–Kier alpha value is -0.430. The molecule has 1 aromatic carbocycles. The van der Waals surface area contributed by atoms with Crippen LogP contribution in [0.1, 0.15) is 24.8 Å². The highest BCUT2D eigenvalue weighted by Gasteiger charge is 2.41. The smallest absolute Gasteiger partial charge is 0.244 e. The SMILES string of the molecule is O=S(=O)(c1ccc(CO)cc1Br)N1CC2CCCC2C1. The lowest BCUT2D eigenvalue weighted by atomic mass is 10.0. The zero-order valence-electron chi connectivity index (χ0n) is 11.1. The van der Waals surface area contributed by atoms with E-state index in [2.05, 4.69) is 15.9 Å². The summed E-state index contributed by atoms with van der Waals surface area (Å²) >= 11 is 3.32. The minimum absolute atomic E-state index is 0.0905. The summed E-state index contributed by atoms with van der Waals surface area (Å²) in [6, 6.07) is 4.91. The van der Waals surface area contributed by atoms with Crippen molar-refractivity contribution in [1.29, 1.82) is 0 Å². The molecule has 1 saturated carbocycles. The fourth-order valence-electron chi connectivity index (χ4n) is 3.38. The van der Waals surface area contributed by atoms with E-state index in [1.807, 2.05) is 0 Å². The maximum Gasteiger partial charge on any atom is 0.244 e. The van der Waals surface area contributed by atoms with Crippen molar-refractivity contribution >= 4 is 26.0 Å². The van der Waals surface area contributed by atoms with E-state index in [0.29, 0.717) is 39.9 Å². The molecule has 1 N–H and O–H groups in total. The van der Waals surface area contributed by atoms with Crippen molar-refractivity contribution in [3.05, 3.63) is 28.2 Å². The molecule has 1 heterocycles. The Morgan fingerprint density at radius 3 is 2.45 bits per heavy atom. The summed E-state index contributed by atoms with van der Waals surface area (Å²) in [4.78, 5) is 0.301. The molecule has 0 bridgehead atoms. The molecule has 20 heavy (non-hydrogen) atoms. The molecule has 0 spiro atoms. The fraction of sp³-hybridized carbons (Fsp3) is 0.571. The molecule has 2 atom stereocenters. The van der Waals surface area contributed by atoms with Crippen LogP contribution >= 0.6 is 15.9 Å².